The highest BCUT2D eigenvalue weighted by Crippen LogP contribution is 2.21. The van der Waals surface area contributed by atoms with Crippen LogP contribution in [0.5, 0.6) is 0 Å². The lowest BCUT2D eigenvalue weighted by Crippen LogP contribution is -2.50. The van der Waals surface area contributed by atoms with E-state index in [1.165, 1.54) is 18.2 Å². The summed E-state index contributed by atoms with van der Waals surface area (Å²) in [4.78, 5) is 2.22. The van der Waals surface area contributed by atoms with Crippen molar-refractivity contribution in [2.75, 3.05) is 26.3 Å². The van der Waals surface area contributed by atoms with Crippen molar-refractivity contribution in [1.82, 2.24) is 9.62 Å². The second kappa shape index (κ2) is 6.00. The van der Waals surface area contributed by atoms with Crippen LogP contribution in [0.25, 0.3) is 0 Å². The highest BCUT2D eigenvalue weighted by molar-refractivity contribution is 7.89. The number of ether oxygens (including phenoxy) is 1. The molecule has 2 saturated heterocycles. The molecule has 1 N–H and O–H groups in total. The maximum absolute atomic E-state index is 13.2. The molecule has 0 amide bonds. The molecule has 0 radical (unpaired) electrons. The Balaban J connectivity index is 1.75. The Kier molecular flexibility index (Phi) is 4.26. The summed E-state index contributed by atoms with van der Waals surface area (Å²) in [5.74, 6) is -0.559. The summed E-state index contributed by atoms with van der Waals surface area (Å²) in [7, 11) is -3.73. The summed E-state index contributed by atoms with van der Waals surface area (Å²) in [5.41, 5.74) is 0. The molecule has 0 bridgehead atoms. The Hall–Kier alpha value is -1.02. The van der Waals surface area contributed by atoms with Crippen molar-refractivity contribution in [1.29, 1.82) is 0 Å². The third kappa shape index (κ3) is 3.26. The van der Waals surface area contributed by atoms with Crippen molar-refractivity contribution in [3.05, 3.63) is 30.1 Å². The fourth-order valence-corrected chi connectivity index (χ4v) is 4.28. The van der Waals surface area contributed by atoms with E-state index in [1.54, 1.807) is 0 Å². The predicted octanol–water partition coefficient (Wildman–Crippen LogP) is 0.967. The van der Waals surface area contributed by atoms with Crippen molar-refractivity contribution in [2.24, 2.45) is 0 Å². The molecule has 7 heteroatoms. The van der Waals surface area contributed by atoms with Crippen LogP contribution < -0.4 is 4.72 Å². The van der Waals surface area contributed by atoms with Crippen molar-refractivity contribution < 1.29 is 17.5 Å². The second-order valence-corrected chi connectivity index (χ2v) is 7.25. The maximum atomic E-state index is 13.2. The van der Waals surface area contributed by atoms with Gasteiger partial charge in [0.25, 0.3) is 0 Å². The van der Waals surface area contributed by atoms with E-state index in [9.17, 15) is 12.8 Å². The Labute approximate surface area is 124 Å². The number of benzene rings is 1. The molecule has 116 valence electrons. The third-order valence-corrected chi connectivity index (χ3v) is 5.56. The van der Waals surface area contributed by atoms with Gasteiger partial charge in [-0.2, -0.15) is 0 Å². The molecule has 2 atom stereocenters. The molecule has 3 rings (SSSR count). The van der Waals surface area contributed by atoms with Crippen LogP contribution >= 0.6 is 0 Å². The Morgan fingerprint density at radius 3 is 2.71 bits per heavy atom. The lowest BCUT2D eigenvalue weighted by atomic mass is 10.1. The Morgan fingerprint density at radius 1 is 1.24 bits per heavy atom. The first kappa shape index (κ1) is 14.9. The molecular weight excluding hydrogens is 295 g/mol. The van der Waals surface area contributed by atoms with Gasteiger partial charge in [-0.05, 0) is 44.1 Å². The maximum Gasteiger partial charge on any atom is 0.241 e. The lowest BCUT2D eigenvalue weighted by molar-refractivity contribution is 0.159. The average molecular weight is 314 g/mol. The molecule has 21 heavy (non-hydrogen) atoms. The van der Waals surface area contributed by atoms with Crippen LogP contribution in [-0.4, -0.2) is 51.7 Å². The number of sulfonamides is 1. The van der Waals surface area contributed by atoms with Crippen LogP contribution in [0.1, 0.15) is 12.8 Å². The zero-order chi connectivity index (χ0) is 14.9. The van der Waals surface area contributed by atoms with E-state index < -0.39 is 15.8 Å². The number of likely N-dealkylation sites (tertiary alicyclic amines) is 1. The van der Waals surface area contributed by atoms with E-state index in [0.717, 1.165) is 32.0 Å². The summed E-state index contributed by atoms with van der Waals surface area (Å²) in [6, 6.07) is 4.83. The fraction of sp³-hybridized carbons (Fsp3) is 0.571. The highest BCUT2D eigenvalue weighted by Gasteiger charge is 2.36. The fourth-order valence-electron chi connectivity index (χ4n) is 2.99. The third-order valence-electron chi connectivity index (χ3n) is 4.07. The summed E-state index contributed by atoms with van der Waals surface area (Å²) >= 11 is 0. The van der Waals surface area contributed by atoms with Gasteiger partial charge in [-0.25, -0.2) is 17.5 Å². The smallest absolute Gasteiger partial charge is 0.241 e. The average Bonchev–Trinajstić information content (AvgIpc) is 3.08. The van der Waals surface area contributed by atoms with Crippen molar-refractivity contribution >= 4 is 10.0 Å². The molecule has 5 nitrogen and oxygen atoms in total. The normalized spacial score (nSPS) is 27.3. The molecule has 0 spiro atoms. The first-order valence-corrected chi connectivity index (χ1v) is 8.64. The van der Waals surface area contributed by atoms with Gasteiger partial charge >= 0.3 is 0 Å². The minimum Gasteiger partial charge on any atom is -0.378 e. The van der Waals surface area contributed by atoms with Gasteiger partial charge in [0.15, 0.2) is 0 Å². The quantitative estimate of drug-likeness (QED) is 0.899. The minimum atomic E-state index is -3.73. The number of hydrogen-bond donors (Lipinski definition) is 1. The first-order chi connectivity index (χ1) is 10.1. The molecule has 2 aliphatic rings. The van der Waals surface area contributed by atoms with Gasteiger partial charge in [0, 0.05) is 0 Å². The van der Waals surface area contributed by atoms with Crippen molar-refractivity contribution in [2.45, 2.75) is 29.8 Å². The van der Waals surface area contributed by atoms with Crippen LogP contribution in [0.4, 0.5) is 4.39 Å². The molecule has 0 unspecified atom stereocenters. The molecular formula is C14H19FN2O3S. The zero-order valence-electron chi connectivity index (χ0n) is 11.7. The van der Waals surface area contributed by atoms with Gasteiger partial charge in [0.2, 0.25) is 10.0 Å². The largest absolute Gasteiger partial charge is 0.378 e. The van der Waals surface area contributed by atoms with E-state index in [2.05, 4.69) is 9.62 Å². The molecule has 1 aromatic rings. The van der Waals surface area contributed by atoms with E-state index in [0.29, 0.717) is 13.2 Å². The van der Waals surface area contributed by atoms with Gasteiger partial charge in [-0.3, -0.25) is 4.90 Å². The number of nitrogens with zero attached hydrogens (tertiary/aromatic N) is 1. The molecule has 2 aliphatic heterocycles. The van der Waals surface area contributed by atoms with E-state index in [-0.39, 0.29) is 17.0 Å². The summed E-state index contributed by atoms with van der Waals surface area (Å²) in [5, 5.41) is 0. The second-order valence-electron chi connectivity index (χ2n) is 5.53. The molecule has 2 heterocycles. The Bertz CT molecular complexity index is 602. The topological polar surface area (TPSA) is 58.6 Å². The highest BCUT2D eigenvalue weighted by atomic mass is 32.2. The molecule has 2 fully saturated rings. The standard InChI is InChI=1S/C14H19FN2O3S/c15-11-4-3-5-12(8-11)21(18,19)16-13-9-20-10-14(13)17-6-1-2-7-17/h3-5,8,13-14,16H,1-2,6-7,9-10H2/t13-,14-/m0/s1. The van der Waals surface area contributed by atoms with Crippen molar-refractivity contribution in [3.63, 3.8) is 0 Å². The van der Waals surface area contributed by atoms with Crippen LogP contribution in [-0.2, 0) is 14.8 Å². The number of halogens is 1. The molecule has 0 aliphatic carbocycles. The van der Waals surface area contributed by atoms with Crippen molar-refractivity contribution in [3.8, 4) is 0 Å². The zero-order valence-corrected chi connectivity index (χ0v) is 12.5. The molecule has 1 aromatic carbocycles. The summed E-state index contributed by atoms with van der Waals surface area (Å²) in [6.07, 6.45) is 2.28. The van der Waals surface area contributed by atoms with Crippen LogP contribution in [0.15, 0.2) is 29.2 Å². The number of nitrogens with one attached hydrogen (secondary N) is 1. The summed E-state index contributed by atoms with van der Waals surface area (Å²) < 4.78 is 46.0. The van der Waals surface area contributed by atoms with Gasteiger partial charge in [0.1, 0.15) is 5.82 Å². The number of rotatable bonds is 4. The molecule has 0 saturated carbocycles. The molecule has 0 aromatic heterocycles. The first-order valence-electron chi connectivity index (χ1n) is 7.16. The van der Waals surface area contributed by atoms with Crippen LogP contribution in [0.2, 0.25) is 0 Å². The van der Waals surface area contributed by atoms with Gasteiger partial charge in [0.05, 0.1) is 30.2 Å². The SMILES string of the molecule is O=S(=O)(N[C@H]1COC[C@@H]1N1CCCC1)c1cccc(F)c1. The van der Waals surface area contributed by atoms with E-state index >= 15 is 0 Å². The Morgan fingerprint density at radius 2 is 2.00 bits per heavy atom. The predicted molar refractivity (Wildman–Crippen MR) is 75.9 cm³/mol. The monoisotopic (exact) mass is 314 g/mol. The number of hydrogen-bond acceptors (Lipinski definition) is 4. The van der Waals surface area contributed by atoms with E-state index in [4.69, 9.17) is 4.74 Å². The minimum absolute atomic E-state index is 0.0467. The van der Waals surface area contributed by atoms with Gasteiger partial charge in [-0.1, -0.05) is 6.07 Å². The lowest BCUT2D eigenvalue weighted by Gasteiger charge is -2.27. The van der Waals surface area contributed by atoms with E-state index in [1.807, 2.05) is 0 Å². The summed E-state index contributed by atoms with van der Waals surface area (Å²) in [6.45, 7) is 2.85. The van der Waals surface area contributed by atoms with Gasteiger partial charge < -0.3 is 4.74 Å². The van der Waals surface area contributed by atoms with Crippen LogP contribution in [0, 0.1) is 5.82 Å². The van der Waals surface area contributed by atoms with Gasteiger partial charge in [-0.15, -0.1) is 0 Å². The van der Waals surface area contributed by atoms with Crippen LogP contribution in [0.3, 0.4) is 0 Å².